The normalized spacial score (nSPS) is 17.2. The lowest BCUT2D eigenvalue weighted by molar-refractivity contribution is -0.140. The van der Waals surface area contributed by atoms with Gasteiger partial charge in [0.25, 0.3) is 0 Å². The number of carboxylic acids is 1. The quantitative estimate of drug-likeness (QED) is 0.587. The van der Waals surface area contributed by atoms with Crippen LogP contribution in [0.2, 0.25) is 0 Å². The number of hydrogen-bond donors (Lipinski definition) is 3. The molecule has 5 nitrogen and oxygen atoms in total. The maximum atomic E-state index is 11.3. The van der Waals surface area contributed by atoms with Gasteiger partial charge in [0.15, 0.2) is 0 Å². The number of hydrogen-bond acceptors (Lipinski definition) is 3. The molecule has 0 spiro atoms. The number of nitrogens with one attached hydrogen (secondary N) is 2. The Bertz CT molecular complexity index is 262. The maximum Gasteiger partial charge on any atom is 0.320 e. The Labute approximate surface area is 95.6 Å². The molecule has 1 saturated carbocycles. The van der Waals surface area contributed by atoms with Crippen LogP contribution < -0.4 is 10.6 Å². The molecular weight excluding hydrogens is 208 g/mol. The first-order chi connectivity index (χ1) is 7.50. The highest BCUT2D eigenvalue weighted by Gasteiger charge is 2.24. The summed E-state index contributed by atoms with van der Waals surface area (Å²) >= 11 is 0. The molecule has 0 aromatic carbocycles. The molecule has 16 heavy (non-hydrogen) atoms. The van der Waals surface area contributed by atoms with Gasteiger partial charge in [-0.05, 0) is 18.8 Å². The van der Waals surface area contributed by atoms with E-state index in [4.69, 9.17) is 5.11 Å². The van der Waals surface area contributed by atoms with Gasteiger partial charge < -0.3 is 15.7 Å². The Morgan fingerprint density at radius 2 is 2.00 bits per heavy atom. The summed E-state index contributed by atoms with van der Waals surface area (Å²) in [5, 5.41) is 14.6. The molecule has 0 radical (unpaired) electrons. The van der Waals surface area contributed by atoms with Gasteiger partial charge in [-0.3, -0.25) is 9.59 Å². The van der Waals surface area contributed by atoms with Gasteiger partial charge in [0.1, 0.15) is 6.04 Å². The molecule has 1 aliphatic carbocycles. The first-order valence-electron chi connectivity index (χ1n) is 5.76. The smallest absolute Gasteiger partial charge is 0.320 e. The number of rotatable bonds is 7. The van der Waals surface area contributed by atoms with Crippen LogP contribution in [0.25, 0.3) is 0 Å². The van der Waals surface area contributed by atoms with Crippen LogP contribution in [-0.4, -0.2) is 35.6 Å². The highest BCUT2D eigenvalue weighted by atomic mass is 16.4. The Balaban J connectivity index is 2.16. The van der Waals surface area contributed by atoms with E-state index >= 15 is 0 Å². The highest BCUT2D eigenvalue weighted by molar-refractivity contribution is 5.77. The number of carboxylic acid groups (broad SMARTS) is 1. The standard InChI is InChI=1S/C11H20N2O3/c1-7(2)10(11(15)16)12-6-5-9(14)13-8-3-4-8/h7-8,10,12H,3-6H2,1-2H3,(H,13,14)(H,15,16). The fourth-order valence-corrected chi connectivity index (χ4v) is 1.48. The van der Waals surface area contributed by atoms with Crippen molar-refractivity contribution >= 4 is 11.9 Å². The zero-order valence-corrected chi connectivity index (χ0v) is 9.82. The van der Waals surface area contributed by atoms with E-state index in [9.17, 15) is 9.59 Å². The molecule has 1 aliphatic rings. The highest BCUT2D eigenvalue weighted by Crippen LogP contribution is 2.18. The van der Waals surface area contributed by atoms with Crippen molar-refractivity contribution in [1.29, 1.82) is 0 Å². The predicted molar refractivity (Wildman–Crippen MR) is 60.0 cm³/mol. The summed E-state index contributed by atoms with van der Waals surface area (Å²) in [5.41, 5.74) is 0. The van der Waals surface area contributed by atoms with Crippen molar-refractivity contribution in [3.63, 3.8) is 0 Å². The Morgan fingerprint density at radius 1 is 1.38 bits per heavy atom. The topological polar surface area (TPSA) is 78.4 Å². The van der Waals surface area contributed by atoms with Crippen molar-refractivity contribution in [3.8, 4) is 0 Å². The first-order valence-corrected chi connectivity index (χ1v) is 5.76. The molecule has 1 amide bonds. The molecule has 0 aromatic heterocycles. The lowest BCUT2D eigenvalue weighted by Gasteiger charge is -2.17. The van der Waals surface area contributed by atoms with Crippen LogP contribution in [0.15, 0.2) is 0 Å². The molecule has 1 atom stereocenters. The molecule has 1 fully saturated rings. The van der Waals surface area contributed by atoms with Crippen LogP contribution in [-0.2, 0) is 9.59 Å². The summed E-state index contributed by atoms with van der Waals surface area (Å²) in [6, 6.07) is -0.207. The largest absolute Gasteiger partial charge is 0.480 e. The lowest BCUT2D eigenvalue weighted by atomic mass is 10.0. The minimum Gasteiger partial charge on any atom is -0.480 e. The molecule has 92 valence electrons. The third kappa shape index (κ3) is 4.61. The van der Waals surface area contributed by atoms with Gasteiger partial charge in [-0.2, -0.15) is 0 Å². The van der Waals surface area contributed by atoms with Crippen LogP contribution in [0.3, 0.4) is 0 Å². The average Bonchev–Trinajstić information content (AvgIpc) is 2.94. The fraction of sp³-hybridized carbons (Fsp3) is 0.818. The second kappa shape index (κ2) is 5.84. The fourth-order valence-electron chi connectivity index (χ4n) is 1.48. The molecule has 0 bridgehead atoms. The second-order valence-electron chi connectivity index (χ2n) is 4.61. The Morgan fingerprint density at radius 3 is 2.44 bits per heavy atom. The summed E-state index contributed by atoms with van der Waals surface area (Å²) in [5.74, 6) is -0.843. The molecule has 5 heteroatoms. The maximum absolute atomic E-state index is 11.3. The van der Waals surface area contributed by atoms with Gasteiger partial charge in [-0.25, -0.2) is 0 Å². The molecule has 0 aromatic rings. The summed E-state index contributed by atoms with van der Waals surface area (Å²) in [7, 11) is 0. The van der Waals surface area contributed by atoms with E-state index in [0.29, 0.717) is 19.0 Å². The number of carbonyl (C=O) groups is 2. The predicted octanol–water partition coefficient (Wildman–Crippen LogP) is 0.354. The van der Waals surface area contributed by atoms with Crippen LogP contribution in [0.1, 0.15) is 33.1 Å². The van der Waals surface area contributed by atoms with E-state index in [1.807, 2.05) is 13.8 Å². The molecule has 0 saturated heterocycles. The third-order valence-corrected chi connectivity index (χ3v) is 2.59. The summed E-state index contributed by atoms with van der Waals surface area (Å²) in [6.07, 6.45) is 2.48. The van der Waals surface area contributed by atoms with Crippen LogP contribution in [0.5, 0.6) is 0 Å². The monoisotopic (exact) mass is 228 g/mol. The Kier molecular flexibility index (Phi) is 4.73. The number of amides is 1. The van der Waals surface area contributed by atoms with E-state index in [2.05, 4.69) is 10.6 Å². The minimum atomic E-state index is -0.863. The average molecular weight is 228 g/mol. The number of aliphatic carboxylic acids is 1. The molecule has 3 N–H and O–H groups in total. The zero-order chi connectivity index (χ0) is 12.1. The van der Waals surface area contributed by atoms with Crippen LogP contribution in [0.4, 0.5) is 0 Å². The SMILES string of the molecule is CC(C)C(NCCC(=O)NC1CC1)C(=O)O. The molecule has 0 heterocycles. The van der Waals surface area contributed by atoms with Gasteiger partial charge in [0.05, 0.1) is 0 Å². The first kappa shape index (κ1) is 13.0. The molecular formula is C11H20N2O3. The van der Waals surface area contributed by atoms with E-state index in [-0.39, 0.29) is 11.8 Å². The van der Waals surface area contributed by atoms with E-state index in [0.717, 1.165) is 12.8 Å². The second-order valence-corrected chi connectivity index (χ2v) is 4.61. The zero-order valence-electron chi connectivity index (χ0n) is 9.82. The number of carbonyl (C=O) groups excluding carboxylic acids is 1. The van der Waals surface area contributed by atoms with Crippen molar-refractivity contribution in [2.45, 2.75) is 45.2 Å². The minimum absolute atomic E-state index is 0.00268. The van der Waals surface area contributed by atoms with Gasteiger partial charge in [0.2, 0.25) is 5.91 Å². The van der Waals surface area contributed by atoms with Gasteiger partial charge in [-0.15, -0.1) is 0 Å². The van der Waals surface area contributed by atoms with E-state index in [1.165, 1.54) is 0 Å². The summed E-state index contributed by atoms with van der Waals surface area (Å²) in [4.78, 5) is 22.2. The van der Waals surface area contributed by atoms with Gasteiger partial charge >= 0.3 is 5.97 Å². The van der Waals surface area contributed by atoms with Crippen molar-refractivity contribution in [3.05, 3.63) is 0 Å². The van der Waals surface area contributed by atoms with E-state index in [1.54, 1.807) is 0 Å². The molecule has 0 aliphatic heterocycles. The molecule has 1 rings (SSSR count). The lowest BCUT2D eigenvalue weighted by Crippen LogP contribution is -2.42. The van der Waals surface area contributed by atoms with Crippen molar-refractivity contribution < 1.29 is 14.7 Å². The van der Waals surface area contributed by atoms with Crippen molar-refractivity contribution in [2.75, 3.05) is 6.54 Å². The third-order valence-electron chi connectivity index (χ3n) is 2.59. The summed E-state index contributed by atoms with van der Waals surface area (Å²) < 4.78 is 0. The summed E-state index contributed by atoms with van der Waals surface area (Å²) in [6.45, 7) is 4.10. The molecule has 1 unspecified atom stereocenters. The Hall–Kier alpha value is -1.10. The van der Waals surface area contributed by atoms with Crippen molar-refractivity contribution in [1.82, 2.24) is 10.6 Å². The van der Waals surface area contributed by atoms with Gasteiger partial charge in [0, 0.05) is 19.0 Å². The van der Waals surface area contributed by atoms with Gasteiger partial charge in [-0.1, -0.05) is 13.8 Å². The van der Waals surface area contributed by atoms with Crippen molar-refractivity contribution in [2.24, 2.45) is 5.92 Å². The van der Waals surface area contributed by atoms with E-state index < -0.39 is 12.0 Å². The van der Waals surface area contributed by atoms with Crippen LogP contribution in [0, 0.1) is 5.92 Å². The van der Waals surface area contributed by atoms with Crippen LogP contribution >= 0.6 is 0 Å².